The van der Waals surface area contributed by atoms with Crippen LogP contribution in [0.2, 0.25) is 0 Å². The fourth-order valence-electron chi connectivity index (χ4n) is 3.25. The molecule has 1 saturated heterocycles. The van der Waals surface area contributed by atoms with Gasteiger partial charge in [-0.25, -0.2) is 0 Å². The summed E-state index contributed by atoms with van der Waals surface area (Å²) in [5.74, 6) is 0. The van der Waals surface area contributed by atoms with Gasteiger partial charge in [0.15, 0.2) is 0 Å². The number of hydrogen-bond acceptors (Lipinski definition) is 2. The first-order chi connectivity index (χ1) is 8.34. The number of nitrogens with zero attached hydrogens (tertiary/aromatic N) is 2. The van der Waals surface area contributed by atoms with Crippen molar-refractivity contribution in [3.05, 3.63) is 29.8 Å². The van der Waals surface area contributed by atoms with E-state index < -0.39 is 0 Å². The van der Waals surface area contributed by atoms with E-state index in [2.05, 4.69) is 41.1 Å². The maximum atomic E-state index is 2.67. The minimum atomic E-state index is 0.771. The van der Waals surface area contributed by atoms with Gasteiger partial charge in [0, 0.05) is 18.3 Å². The Morgan fingerprint density at radius 3 is 2.65 bits per heavy atom. The van der Waals surface area contributed by atoms with Crippen LogP contribution >= 0.6 is 0 Å². The van der Waals surface area contributed by atoms with Gasteiger partial charge < -0.3 is 9.80 Å². The summed E-state index contributed by atoms with van der Waals surface area (Å²) < 4.78 is 0. The number of likely N-dealkylation sites (tertiary alicyclic amines) is 1. The zero-order valence-corrected chi connectivity index (χ0v) is 10.7. The molecule has 0 radical (unpaired) electrons. The van der Waals surface area contributed by atoms with Crippen LogP contribution in [0, 0.1) is 0 Å². The molecule has 1 aromatic rings. The van der Waals surface area contributed by atoms with Crippen molar-refractivity contribution in [2.24, 2.45) is 0 Å². The van der Waals surface area contributed by atoms with Gasteiger partial charge in [0.05, 0.1) is 0 Å². The predicted molar refractivity (Wildman–Crippen MR) is 72.6 cm³/mol. The average molecular weight is 230 g/mol. The molecule has 2 heteroatoms. The molecule has 0 saturated carbocycles. The molecule has 0 unspecified atom stereocenters. The van der Waals surface area contributed by atoms with Crippen LogP contribution in [0.1, 0.15) is 24.8 Å². The Hall–Kier alpha value is -1.02. The van der Waals surface area contributed by atoms with Crippen molar-refractivity contribution < 1.29 is 0 Å². The minimum absolute atomic E-state index is 0.771. The summed E-state index contributed by atoms with van der Waals surface area (Å²) in [6.45, 7) is 3.76. The highest BCUT2D eigenvalue weighted by molar-refractivity contribution is 5.56. The normalized spacial score (nSPS) is 22.5. The lowest BCUT2D eigenvalue weighted by molar-refractivity contribution is 0.248. The van der Waals surface area contributed by atoms with E-state index in [1.807, 2.05) is 0 Å². The van der Waals surface area contributed by atoms with Gasteiger partial charge in [-0.05, 0) is 57.5 Å². The fraction of sp³-hybridized carbons (Fsp3) is 0.600. The molecule has 0 bridgehead atoms. The van der Waals surface area contributed by atoms with Gasteiger partial charge in [-0.2, -0.15) is 0 Å². The van der Waals surface area contributed by atoms with Crippen molar-refractivity contribution in [1.82, 2.24) is 4.90 Å². The van der Waals surface area contributed by atoms with E-state index >= 15 is 0 Å². The second-order valence-electron chi connectivity index (χ2n) is 5.46. The van der Waals surface area contributed by atoms with Crippen LogP contribution in [-0.4, -0.2) is 37.6 Å². The van der Waals surface area contributed by atoms with Gasteiger partial charge in [0.2, 0.25) is 0 Å². The third-order valence-corrected chi connectivity index (χ3v) is 4.28. The number of piperidine rings is 1. The van der Waals surface area contributed by atoms with Crippen LogP contribution in [0.15, 0.2) is 24.3 Å². The Morgan fingerprint density at radius 1 is 1.06 bits per heavy atom. The van der Waals surface area contributed by atoms with E-state index in [4.69, 9.17) is 0 Å². The quantitative estimate of drug-likeness (QED) is 0.731. The zero-order valence-electron chi connectivity index (χ0n) is 10.7. The Morgan fingerprint density at radius 2 is 1.82 bits per heavy atom. The Bertz CT molecular complexity index is 380. The number of anilines is 1. The molecular formula is C15H22N2. The average Bonchev–Trinajstić information content (AvgIpc) is 2.39. The maximum absolute atomic E-state index is 2.67. The molecule has 2 aliphatic rings. The van der Waals surface area contributed by atoms with Crippen molar-refractivity contribution in [2.45, 2.75) is 31.7 Å². The summed E-state index contributed by atoms with van der Waals surface area (Å²) in [5.41, 5.74) is 3.06. The molecule has 1 fully saturated rings. The summed E-state index contributed by atoms with van der Waals surface area (Å²) >= 11 is 0. The van der Waals surface area contributed by atoms with Crippen LogP contribution in [0.4, 0.5) is 5.69 Å². The lowest BCUT2D eigenvalue weighted by atomic mass is 9.96. The molecule has 0 amide bonds. The molecule has 92 valence electrons. The monoisotopic (exact) mass is 230 g/mol. The summed E-state index contributed by atoms with van der Waals surface area (Å²) in [6.07, 6.45) is 5.23. The first-order valence-electron chi connectivity index (χ1n) is 6.88. The molecule has 2 heterocycles. The summed E-state index contributed by atoms with van der Waals surface area (Å²) in [4.78, 5) is 5.12. The van der Waals surface area contributed by atoms with E-state index in [-0.39, 0.29) is 0 Å². The Labute approximate surface area is 104 Å². The summed E-state index contributed by atoms with van der Waals surface area (Å²) in [5, 5.41) is 0. The van der Waals surface area contributed by atoms with Crippen LogP contribution in [0.25, 0.3) is 0 Å². The van der Waals surface area contributed by atoms with Gasteiger partial charge in [-0.3, -0.25) is 0 Å². The van der Waals surface area contributed by atoms with Gasteiger partial charge >= 0.3 is 0 Å². The fourth-order valence-corrected chi connectivity index (χ4v) is 3.25. The van der Waals surface area contributed by atoms with E-state index in [0.717, 1.165) is 6.04 Å². The molecule has 0 spiro atoms. The number of rotatable bonds is 1. The van der Waals surface area contributed by atoms with Gasteiger partial charge in [0.1, 0.15) is 0 Å². The molecule has 0 aromatic heterocycles. The number of para-hydroxylation sites is 1. The van der Waals surface area contributed by atoms with E-state index in [1.165, 1.54) is 51.0 Å². The maximum Gasteiger partial charge on any atom is 0.0401 e. The Kier molecular flexibility index (Phi) is 3.06. The van der Waals surface area contributed by atoms with E-state index in [9.17, 15) is 0 Å². The molecule has 3 rings (SSSR count). The molecule has 1 aromatic carbocycles. The minimum Gasteiger partial charge on any atom is -0.368 e. The van der Waals surface area contributed by atoms with Crippen molar-refractivity contribution in [3.8, 4) is 0 Å². The molecular weight excluding hydrogens is 208 g/mol. The smallest absolute Gasteiger partial charge is 0.0401 e. The first-order valence-corrected chi connectivity index (χ1v) is 6.88. The summed E-state index contributed by atoms with van der Waals surface area (Å²) in [7, 11) is 2.24. The van der Waals surface area contributed by atoms with Gasteiger partial charge in [0.25, 0.3) is 0 Å². The van der Waals surface area contributed by atoms with Crippen molar-refractivity contribution in [3.63, 3.8) is 0 Å². The van der Waals surface area contributed by atoms with E-state index in [0.29, 0.717) is 0 Å². The van der Waals surface area contributed by atoms with Crippen molar-refractivity contribution in [2.75, 3.05) is 31.6 Å². The third kappa shape index (κ3) is 2.19. The third-order valence-electron chi connectivity index (χ3n) is 4.28. The number of hydrogen-bond donors (Lipinski definition) is 0. The molecule has 0 atom stereocenters. The topological polar surface area (TPSA) is 6.48 Å². The lowest BCUT2D eigenvalue weighted by Crippen LogP contribution is -2.45. The molecule has 0 aliphatic carbocycles. The summed E-state index contributed by atoms with van der Waals surface area (Å²) in [6, 6.07) is 9.75. The van der Waals surface area contributed by atoms with Crippen LogP contribution in [0.5, 0.6) is 0 Å². The SMILES string of the molecule is CN1CCC(N2CCCc3ccccc32)CC1. The van der Waals surface area contributed by atoms with Crippen molar-refractivity contribution in [1.29, 1.82) is 0 Å². The van der Waals surface area contributed by atoms with Crippen LogP contribution in [0.3, 0.4) is 0 Å². The highest BCUT2D eigenvalue weighted by Gasteiger charge is 2.26. The zero-order chi connectivity index (χ0) is 11.7. The Balaban J connectivity index is 1.80. The number of aryl methyl sites for hydroxylation is 1. The van der Waals surface area contributed by atoms with Crippen LogP contribution < -0.4 is 4.90 Å². The number of benzene rings is 1. The second kappa shape index (κ2) is 4.69. The second-order valence-corrected chi connectivity index (χ2v) is 5.46. The highest BCUT2D eigenvalue weighted by Crippen LogP contribution is 2.31. The lowest BCUT2D eigenvalue weighted by Gasteiger charge is -2.41. The molecule has 17 heavy (non-hydrogen) atoms. The molecule has 2 nitrogen and oxygen atoms in total. The van der Waals surface area contributed by atoms with Crippen LogP contribution in [-0.2, 0) is 6.42 Å². The van der Waals surface area contributed by atoms with Crippen molar-refractivity contribution >= 4 is 5.69 Å². The van der Waals surface area contributed by atoms with Gasteiger partial charge in [-0.15, -0.1) is 0 Å². The molecule has 0 N–H and O–H groups in total. The first kappa shape index (κ1) is 11.1. The largest absolute Gasteiger partial charge is 0.368 e. The standard InChI is InChI=1S/C15H22N2/c1-16-11-8-14(9-12-16)17-10-4-6-13-5-2-3-7-15(13)17/h2-3,5,7,14H,4,6,8-12H2,1H3. The number of fused-ring (bicyclic) bond motifs is 1. The highest BCUT2D eigenvalue weighted by atomic mass is 15.2. The van der Waals surface area contributed by atoms with Gasteiger partial charge in [-0.1, -0.05) is 18.2 Å². The molecule has 2 aliphatic heterocycles. The van der Waals surface area contributed by atoms with E-state index in [1.54, 1.807) is 5.56 Å². The predicted octanol–water partition coefficient (Wildman–Crippen LogP) is 2.53.